The lowest BCUT2D eigenvalue weighted by molar-refractivity contribution is 0.0821. The number of aliphatic hydroxyl groups is 1. The molecule has 0 spiro atoms. The van der Waals surface area contributed by atoms with Crippen LogP contribution in [0.2, 0.25) is 0 Å². The Morgan fingerprint density at radius 3 is 2.56 bits per heavy atom. The third-order valence-corrected chi connectivity index (χ3v) is 4.07. The number of hydrogen-bond acceptors (Lipinski definition) is 2. The molecular formula is C16H25NO. The molecule has 0 bridgehead atoms. The van der Waals surface area contributed by atoms with Crippen molar-refractivity contribution in [3.63, 3.8) is 0 Å². The van der Waals surface area contributed by atoms with Gasteiger partial charge in [-0.25, -0.2) is 0 Å². The van der Waals surface area contributed by atoms with Gasteiger partial charge in [0.2, 0.25) is 0 Å². The van der Waals surface area contributed by atoms with Crippen LogP contribution in [0.5, 0.6) is 0 Å². The molecule has 1 heterocycles. The Morgan fingerprint density at radius 2 is 1.89 bits per heavy atom. The van der Waals surface area contributed by atoms with Crippen LogP contribution in [0.4, 0.5) is 0 Å². The van der Waals surface area contributed by atoms with E-state index in [-0.39, 0.29) is 6.10 Å². The van der Waals surface area contributed by atoms with Gasteiger partial charge in [-0.2, -0.15) is 0 Å². The van der Waals surface area contributed by atoms with Gasteiger partial charge in [-0.15, -0.1) is 0 Å². The molecule has 1 aromatic rings. The summed E-state index contributed by atoms with van der Waals surface area (Å²) in [5, 5.41) is 9.46. The molecular weight excluding hydrogens is 222 g/mol. The van der Waals surface area contributed by atoms with Gasteiger partial charge in [0.1, 0.15) is 0 Å². The number of nitrogens with zero attached hydrogens (tertiary/aromatic N) is 1. The summed E-state index contributed by atoms with van der Waals surface area (Å²) in [6, 6.07) is 6.79. The summed E-state index contributed by atoms with van der Waals surface area (Å²) in [4.78, 5) is 2.48. The molecule has 1 aliphatic heterocycles. The first kappa shape index (κ1) is 13.6. The van der Waals surface area contributed by atoms with Crippen molar-refractivity contribution in [2.75, 3.05) is 19.6 Å². The van der Waals surface area contributed by atoms with Gasteiger partial charge >= 0.3 is 0 Å². The van der Waals surface area contributed by atoms with Gasteiger partial charge in [-0.1, -0.05) is 18.2 Å². The summed E-state index contributed by atoms with van der Waals surface area (Å²) in [5.41, 5.74) is 4.23. The SMILES string of the molecule is Cc1ccc(CCCN2CCC(O)CC2)cc1C. The van der Waals surface area contributed by atoms with E-state index in [2.05, 4.69) is 36.9 Å². The highest BCUT2D eigenvalue weighted by atomic mass is 16.3. The number of piperidine rings is 1. The Balaban J connectivity index is 1.73. The first-order chi connectivity index (χ1) is 8.65. The highest BCUT2D eigenvalue weighted by Gasteiger charge is 2.15. The summed E-state index contributed by atoms with van der Waals surface area (Å²) in [6.45, 7) is 7.64. The molecule has 2 nitrogen and oxygen atoms in total. The van der Waals surface area contributed by atoms with E-state index >= 15 is 0 Å². The number of likely N-dealkylation sites (tertiary alicyclic amines) is 1. The first-order valence-electron chi connectivity index (χ1n) is 7.11. The monoisotopic (exact) mass is 247 g/mol. The number of hydrogen-bond donors (Lipinski definition) is 1. The van der Waals surface area contributed by atoms with Crippen LogP contribution in [0.1, 0.15) is 36.0 Å². The fraction of sp³-hybridized carbons (Fsp3) is 0.625. The molecule has 1 fully saturated rings. The van der Waals surface area contributed by atoms with Crippen LogP contribution < -0.4 is 0 Å². The van der Waals surface area contributed by atoms with E-state index in [9.17, 15) is 5.11 Å². The normalized spacial score (nSPS) is 18.2. The Labute approximate surface area is 111 Å². The average Bonchev–Trinajstić information content (AvgIpc) is 2.36. The number of benzene rings is 1. The number of aliphatic hydroxyl groups excluding tert-OH is 1. The molecule has 0 atom stereocenters. The Morgan fingerprint density at radius 1 is 1.17 bits per heavy atom. The molecule has 1 saturated heterocycles. The molecule has 18 heavy (non-hydrogen) atoms. The summed E-state index contributed by atoms with van der Waals surface area (Å²) in [5.74, 6) is 0. The molecule has 2 heteroatoms. The fourth-order valence-electron chi connectivity index (χ4n) is 2.61. The minimum Gasteiger partial charge on any atom is -0.393 e. The maximum absolute atomic E-state index is 9.46. The standard InChI is InChI=1S/C16H25NO/c1-13-5-6-15(12-14(13)2)4-3-9-17-10-7-16(18)8-11-17/h5-6,12,16,18H,3-4,7-11H2,1-2H3. The number of aryl methyl sites for hydroxylation is 3. The summed E-state index contributed by atoms with van der Waals surface area (Å²) < 4.78 is 0. The van der Waals surface area contributed by atoms with Crippen molar-refractivity contribution in [3.05, 3.63) is 34.9 Å². The third-order valence-electron chi connectivity index (χ3n) is 4.07. The van der Waals surface area contributed by atoms with Crippen LogP contribution in [0.25, 0.3) is 0 Å². The van der Waals surface area contributed by atoms with E-state index < -0.39 is 0 Å². The van der Waals surface area contributed by atoms with Crippen LogP contribution in [-0.4, -0.2) is 35.7 Å². The maximum Gasteiger partial charge on any atom is 0.0564 e. The van der Waals surface area contributed by atoms with Crippen molar-refractivity contribution in [3.8, 4) is 0 Å². The first-order valence-corrected chi connectivity index (χ1v) is 7.11. The van der Waals surface area contributed by atoms with Crippen molar-refractivity contribution in [2.24, 2.45) is 0 Å². The van der Waals surface area contributed by atoms with Crippen molar-refractivity contribution >= 4 is 0 Å². The Bertz CT molecular complexity index is 381. The highest BCUT2D eigenvalue weighted by Crippen LogP contribution is 2.13. The van der Waals surface area contributed by atoms with Crippen LogP contribution in [-0.2, 0) is 6.42 Å². The largest absolute Gasteiger partial charge is 0.393 e. The van der Waals surface area contributed by atoms with Gasteiger partial charge in [0.05, 0.1) is 6.10 Å². The second kappa shape index (κ2) is 6.35. The lowest BCUT2D eigenvalue weighted by atomic mass is 10.0. The second-order valence-corrected chi connectivity index (χ2v) is 5.59. The number of rotatable bonds is 4. The molecule has 1 N–H and O–H groups in total. The zero-order chi connectivity index (χ0) is 13.0. The minimum absolute atomic E-state index is 0.0546. The van der Waals surface area contributed by atoms with E-state index in [1.165, 1.54) is 36.1 Å². The van der Waals surface area contributed by atoms with Crippen molar-refractivity contribution in [1.29, 1.82) is 0 Å². The molecule has 0 saturated carbocycles. The van der Waals surface area contributed by atoms with Gasteiger partial charge in [-0.05, 0) is 62.8 Å². The fourth-order valence-corrected chi connectivity index (χ4v) is 2.61. The third kappa shape index (κ3) is 3.82. The molecule has 0 unspecified atom stereocenters. The molecule has 0 aliphatic carbocycles. The average molecular weight is 247 g/mol. The highest BCUT2D eigenvalue weighted by molar-refractivity contribution is 5.29. The molecule has 0 aromatic heterocycles. The Hall–Kier alpha value is -0.860. The lowest BCUT2D eigenvalue weighted by Gasteiger charge is -2.29. The van der Waals surface area contributed by atoms with E-state index in [1.807, 2.05) is 0 Å². The van der Waals surface area contributed by atoms with E-state index in [0.29, 0.717) is 0 Å². The van der Waals surface area contributed by atoms with Crippen molar-refractivity contribution < 1.29 is 5.11 Å². The predicted molar refractivity (Wildman–Crippen MR) is 75.9 cm³/mol. The summed E-state index contributed by atoms with van der Waals surface area (Å²) in [6.07, 6.45) is 4.23. The van der Waals surface area contributed by atoms with E-state index in [1.54, 1.807) is 0 Å². The van der Waals surface area contributed by atoms with Gasteiger partial charge in [0, 0.05) is 13.1 Å². The second-order valence-electron chi connectivity index (χ2n) is 5.59. The zero-order valence-corrected chi connectivity index (χ0v) is 11.7. The molecule has 1 aromatic carbocycles. The maximum atomic E-state index is 9.46. The molecule has 100 valence electrons. The van der Waals surface area contributed by atoms with Crippen LogP contribution in [0, 0.1) is 13.8 Å². The van der Waals surface area contributed by atoms with E-state index in [4.69, 9.17) is 0 Å². The van der Waals surface area contributed by atoms with Gasteiger partial charge in [0.15, 0.2) is 0 Å². The topological polar surface area (TPSA) is 23.5 Å². The molecule has 0 radical (unpaired) electrons. The zero-order valence-electron chi connectivity index (χ0n) is 11.7. The molecule has 2 rings (SSSR count). The van der Waals surface area contributed by atoms with Gasteiger partial charge < -0.3 is 10.0 Å². The van der Waals surface area contributed by atoms with Crippen molar-refractivity contribution in [2.45, 2.75) is 45.6 Å². The van der Waals surface area contributed by atoms with Crippen molar-refractivity contribution in [1.82, 2.24) is 4.90 Å². The van der Waals surface area contributed by atoms with Crippen LogP contribution >= 0.6 is 0 Å². The summed E-state index contributed by atoms with van der Waals surface area (Å²) >= 11 is 0. The smallest absolute Gasteiger partial charge is 0.0564 e. The summed E-state index contributed by atoms with van der Waals surface area (Å²) in [7, 11) is 0. The van der Waals surface area contributed by atoms with Crippen LogP contribution in [0.3, 0.4) is 0 Å². The van der Waals surface area contributed by atoms with Gasteiger partial charge in [0.25, 0.3) is 0 Å². The lowest BCUT2D eigenvalue weighted by Crippen LogP contribution is -2.36. The van der Waals surface area contributed by atoms with E-state index in [0.717, 1.165) is 25.9 Å². The van der Waals surface area contributed by atoms with Crippen LogP contribution in [0.15, 0.2) is 18.2 Å². The van der Waals surface area contributed by atoms with Gasteiger partial charge in [-0.3, -0.25) is 0 Å². The molecule has 0 amide bonds. The quantitative estimate of drug-likeness (QED) is 0.884. The Kier molecular flexibility index (Phi) is 4.79. The molecule has 1 aliphatic rings. The predicted octanol–water partition coefficient (Wildman–Crippen LogP) is 2.69. The minimum atomic E-state index is -0.0546.